The van der Waals surface area contributed by atoms with Gasteiger partial charge in [-0.1, -0.05) is 23.2 Å². The summed E-state index contributed by atoms with van der Waals surface area (Å²) in [4.78, 5) is 26.2. The molecule has 0 bridgehead atoms. The van der Waals surface area contributed by atoms with Crippen LogP contribution < -0.4 is 5.32 Å². The number of fused-ring (bicyclic) bond motifs is 1. The van der Waals surface area contributed by atoms with Crippen LogP contribution >= 0.6 is 23.2 Å². The summed E-state index contributed by atoms with van der Waals surface area (Å²) in [6, 6.07) is 9.87. The Bertz CT molecular complexity index is 1030. The maximum atomic E-state index is 12.7. The molecule has 0 aliphatic rings. The first kappa shape index (κ1) is 18.3. The standard InChI is InChI=1S/C19H16Cl2N2O3/c1-10-13-9-12(20)5-7-16(13)26-17(10)18(24)22-15-8-11(4-6-14(15)21)19(25)23(2)3/h4-9H,1-3H3,(H,22,24). The van der Waals surface area contributed by atoms with E-state index in [0.29, 0.717) is 32.4 Å². The minimum atomic E-state index is -0.453. The number of benzene rings is 2. The number of carbonyl (C=O) groups excluding carboxylic acids is 2. The molecule has 0 aliphatic heterocycles. The summed E-state index contributed by atoms with van der Waals surface area (Å²) >= 11 is 12.2. The zero-order valence-electron chi connectivity index (χ0n) is 14.4. The predicted molar refractivity (Wildman–Crippen MR) is 103 cm³/mol. The van der Waals surface area contributed by atoms with Gasteiger partial charge in [0.1, 0.15) is 5.58 Å². The second-order valence-electron chi connectivity index (χ2n) is 6.04. The number of furan rings is 1. The summed E-state index contributed by atoms with van der Waals surface area (Å²) in [5, 5.41) is 4.36. The van der Waals surface area contributed by atoms with Gasteiger partial charge >= 0.3 is 0 Å². The Morgan fingerprint density at radius 2 is 1.81 bits per heavy atom. The van der Waals surface area contributed by atoms with Crippen molar-refractivity contribution in [3.8, 4) is 0 Å². The molecule has 134 valence electrons. The number of nitrogens with one attached hydrogen (secondary N) is 1. The van der Waals surface area contributed by atoms with E-state index in [2.05, 4.69) is 5.32 Å². The van der Waals surface area contributed by atoms with Crippen LogP contribution in [0.25, 0.3) is 11.0 Å². The Morgan fingerprint density at radius 1 is 1.08 bits per heavy atom. The summed E-state index contributed by atoms with van der Waals surface area (Å²) in [5.41, 5.74) is 2.00. The zero-order valence-corrected chi connectivity index (χ0v) is 15.9. The van der Waals surface area contributed by atoms with Gasteiger partial charge in [-0.15, -0.1) is 0 Å². The van der Waals surface area contributed by atoms with Crippen LogP contribution in [0.15, 0.2) is 40.8 Å². The van der Waals surface area contributed by atoms with Crippen LogP contribution in [0.3, 0.4) is 0 Å². The molecule has 0 saturated heterocycles. The lowest BCUT2D eigenvalue weighted by molar-refractivity contribution is 0.0827. The van der Waals surface area contributed by atoms with Crippen LogP contribution in [-0.2, 0) is 0 Å². The number of halogens is 2. The van der Waals surface area contributed by atoms with Gasteiger partial charge in [-0.3, -0.25) is 9.59 Å². The summed E-state index contributed by atoms with van der Waals surface area (Å²) in [5.74, 6) is -0.472. The van der Waals surface area contributed by atoms with Crippen molar-refractivity contribution < 1.29 is 14.0 Å². The molecule has 1 heterocycles. The number of nitrogens with zero attached hydrogens (tertiary/aromatic N) is 1. The van der Waals surface area contributed by atoms with Crippen molar-refractivity contribution in [3.63, 3.8) is 0 Å². The molecule has 0 unspecified atom stereocenters. The van der Waals surface area contributed by atoms with Gasteiger partial charge in [0.05, 0.1) is 10.7 Å². The van der Waals surface area contributed by atoms with E-state index in [1.54, 1.807) is 51.4 Å². The van der Waals surface area contributed by atoms with Crippen LogP contribution in [0.2, 0.25) is 10.0 Å². The van der Waals surface area contributed by atoms with Crippen molar-refractivity contribution in [3.05, 3.63) is 63.3 Å². The largest absolute Gasteiger partial charge is 0.451 e. The Kier molecular flexibility index (Phi) is 4.94. The molecule has 1 aromatic heterocycles. The van der Waals surface area contributed by atoms with Gasteiger partial charge in [0, 0.05) is 35.6 Å². The van der Waals surface area contributed by atoms with Crippen LogP contribution in [0.1, 0.15) is 26.5 Å². The maximum Gasteiger partial charge on any atom is 0.291 e. The molecule has 2 amide bonds. The molecule has 0 aliphatic carbocycles. The Labute approximate surface area is 160 Å². The highest BCUT2D eigenvalue weighted by Crippen LogP contribution is 2.30. The lowest BCUT2D eigenvalue weighted by Gasteiger charge is -2.12. The topological polar surface area (TPSA) is 62.6 Å². The molecule has 0 fully saturated rings. The molecule has 5 nitrogen and oxygen atoms in total. The Morgan fingerprint density at radius 3 is 2.50 bits per heavy atom. The van der Waals surface area contributed by atoms with Crippen molar-refractivity contribution in [2.24, 2.45) is 0 Å². The fraction of sp³-hybridized carbons (Fsp3) is 0.158. The van der Waals surface area contributed by atoms with E-state index >= 15 is 0 Å². The Hall–Kier alpha value is -2.50. The van der Waals surface area contributed by atoms with Crippen molar-refractivity contribution >= 4 is 51.7 Å². The fourth-order valence-electron chi connectivity index (χ4n) is 2.60. The van der Waals surface area contributed by atoms with Gasteiger partial charge in [0.25, 0.3) is 11.8 Å². The molecule has 0 radical (unpaired) electrons. The van der Waals surface area contributed by atoms with Gasteiger partial charge in [0.15, 0.2) is 5.76 Å². The first-order chi connectivity index (χ1) is 12.3. The first-order valence-corrected chi connectivity index (χ1v) is 8.54. The number of anilines is 1. The van der Waals surface area contributed by atoms with Crippen molar-refractivity contribution in [1.29, 1.82) is 0 Å². The quantitative estimate of drug-likeness (QED) is 0.683. The monoisotopic (exact) mass is 390 g/mol. The third kappa shape index (κ3) is 3.41. The molecule has 3 rings (SSSR count). The Balaban J connectivity index is 1.94. The van der Waals surface area contributed by atoms with Crippen LogP contribution in [0.4, 0.5) is 5.69 Å². The SMILES string of the molecule is Cc1c(C(=O)Nc2cc(C(=O)N(C)C)ccc2Cl)oc2ccc(Cl)cc12. The normalized spacial score (nSPS) is 10.8. The minimum Gasteiger partial charge on any atom is -0.451 e. The van der Waals surface area contributed by atoms with Gasteiger partial charge in [-0.05, 0) is 43.3 Å². The molecule has 2 aromatic carbocycles. The lowest BCUT2D eigenvalue weighted by Crippen LogP contribution is -2.22. The number of carbonyl (C=O) groups is 2. The van der Waals surface area contributed by atoms with Crippen molar-refractivity contribution in [2.45, 2.75) is 6.92 Å². The second kappa shape index (κ2) is 7.02. The number of amides is 2. The number of hydrogen-bond donors (Lipinski definition) is 1. The highest BCUT2D eigenvalue weighted by atomic mass is 35.5. The van der Waals surface area contributed by atoms with Crippen LogP contribution in [0.5, 0.6) is 0 Å². The average molecular weight is 391 g/mol. The van der Waals surface area contributed by atoms with Crippen molar-refractivity contribution in [2.75, 3.05) is 19.4 Å². The number of rotatable bonds is 3. The molecule has 7 heteroatoms. The molecular weight excluding hydrogens is 375 g/mol. The summed E-state index contributed by atoms with van der Waals surface area (Å²) < 4.78 is 5.65. The average Bonchev–Trinajstić information content (AvgIpc) is 2.92. The number of hydrogen-bond acceptors (Lipinski definition) is 3. The van der Waals surface area contributed by atoms with E-state index in [-0.39, 0.29) is 11.7 Å². The smallest absolute Gasteiger partial charge is 0.291 e. The summed E-state index contributed by atoms with van der Waals surface area (Å²) in [7, 11) is 3.30. The van der Waals surface area contributed by atoms with E-state index in [0.717, 1.165) is 5.39 Å². The third-order valence-corrected chi connectivity index (χ3v) is 4.54. The van der Waals surface area contributed by atoms with Gasteiger partial charge in [0.2, 0.25) is 0 Å². The van der Waals surface area contributed by atoms with E-state index in [4.69, 9.17) is 27.6 Å². The van der Waals surface area contributed by atoms with Crippen LogP contribution in [-0.4, -0.2) is 30.8 Å². The highest BCUT2D eigenvalue weighted by molar-refractivity contribution is 6.34. The molecular formula is C19H16Cl2N2O3. The highest BCUT2D eigenvalue weighted by Gasteiger charge is 2.20. The molecule has 1 N–H and O–H groups in total. The zero-order chi connectivity index (χ0) is 19.0. The lowest BCUT2D eigenvalue weighted by atomic mass is 10.1. The second-order valence-corrected chi connectivity index (χ2v) is 6.89. The van der Waals surface area contributed by atoms with Gasteiger partial charge < -0.3 is 14.6 Å². The van der Waals surface area contributed by atoms with E-state index in [1.165, 1.54) is 11.0 Å². The molecule has 0 atom stereocenters. The molecule has 0 saturated carbocycles. The molecule has 3 aromatic rings. The van der Waals surface area contributed by atoms with E-state index < -0.39 is 5.91 Å². The van der Waals surface area contributed by atoms with Crippen molar-refractivity contribution in [1.82, 2.24) is 4.90 Å². The minimum absolute atomic E-state index is 0.169. The number of aryl methyl sites for hydroxylation is 1. The van der Waals surface area contributed by atoms with E-state index in [1.807, 2.05) is 0 Å². The fourth-order valence-corrected chi connectivity index (χ4v) is 2.94. The summed E-state index contributed by atoms with van der Waals surface area (Å²) in [6.07, 6.45) is 0. The van der Waals surface area contributed by atoms with Gasteiger partial charge in [-0.25, -0.2) is 0 Å². The summed E-state index contributed by atoms with van der Waals surface area (Å²) in [6.45, 7) is 1.78. The first-order valence-electron chi connectivity index (χ1n) is 7.79. The van der Waals surface area contributed by atoms with Crippen LogP contribution in [0, 0.1) is 6.92 Å². The maximum absolute atomic E-state index is 12.7. The third-order valence-electron chi connectivity index (χ3n) is 3.97. The predicted octanol–water partition coefficient (Wildman–Crippen LogP) is 5.00. The van der Waals surface area contributed by atoms with E-state index in [9.17, 15) is 9.59 Å². The van der Waals surface area contributed by atoms with Gasteiger partial charge in [-0.2, -0.15) is 0 Å². The molecule has 26 heavy (non-hydrogen) atoms. The molecule has 0 spiro atoms.